The summed E-state index contributed by atoms with van der Waals surface area (Å²) < 4.78 is 0. The number of amides is 2. The molecule has 0 spiro atoms. The molecule has 2 aliphatic heterocycles. The summed E-state index contributed by atoms with van der Waals surface area (Å²) >= 11 is 0. The highest BCUT2D eigenvalue weighted by molar-refractivity contribution is 5.88. The Morgan fingerprint density at radius 3 is 2.29 bits per heavy atom. The Kier molecular flexibility index (Phi) is 8.51. The molecule has 2 atom stereocenters. The van der Waals surface area contributed by atoms with Gasteiger partial charge in [0.15, 0.2) is 0 Å². The summed E-state index contributed by atoms with van der Waals surface area (Å²) in [6.45, 7) is 8.59. The van der Waals surface area contributed by atoms with Crippen molar-refractivity contribution in [1.29, 1.82) is 0 Å². The number of nitrogens with zero attached hydrogens (tertiary/aromatic N) is 2. The minimum atomic E-state index is -0.269. The fourth-order valence-electron chi connectivity index (χ4n) is 3.82. The molecule has 5 nitrogen and oxygen atoms in total. The number of rotatable bonds is 5. The second-order valence-corrected chi connectivity index (χ2v) is 7.71. The number of carbonyl (C=O) groups excluding carboxylic acids is 2. The van der Waals surface area contributed by atoms with Gasteiger partial charge < -0.3 is 15.5 Å². The summed E-state index contributed by atoms with van der Waals surface area (Å²) in [6.07, 6.45) is 5.28. The van der Waals surface area contributed by atoms with Crippen molar-refractivity contribution in [2.24, 2.45) is 17.6 Å². The van der Waals surface area contributed by atoms with Crippen LogP contribution in [0.5, 0.6) is 0 Å². The van der Waals surface area contributed by atoms with Crippen LogP contribution >= 0.6 is 12.4 Å². The van der Waals surface area contributed by atoms with Crippen LogP contribution in [0.1, 0.15) is 59.3 Å². The van der Waals surface area contributed by atoms with E-state index in [1.807, 2.05) is 9.80 Å². The van der Waals surface area contributed by atoms with Gasteiger partial charge in [0, 0.05) is 32.1 Å². The molecule has 2 aliphatic rings. The first-order valence-corrected chi connectivity index (χ1v) is 9.24. The molecule has 2 amide bonds. The average molecular weight is 360 g/mol. The molecule has 2 rings (SSSR count). The van der Waals surface area contributed by atoms with Gasteiger partial charge in [-0.25, -0.2) is 0 Å². The number of piperidine rings is 2. The molecule has 2 unspecified atom stereocenters. The van der Waals surface area contributed by atoms with Crippen molar-refractivity contribution in [3.05, 3.63) is 0 Å². The molecule has 0 aliphatic carbocycles. The van der Waals surface area contributed by atoms with Crippen LogP contribution in [0.4, 0.5) is 0 Å². The van der Waals surface area contributed by atoms with Crippen LogP contribution in [0.25, 0.3) is 0 Å². The lowest BCUT2D eigenvalue weighted by atomic mass is 9.90. The maximum Gasteiger partial charge on any atom is 0.245 e. The standard InChI is InChI=1S/C18H33N3O2.ClH/c1-13(2)12-16(21-9-5-4-6-17(21)22)18(23)20-10-7-15(8-11-20)14(3)19;/h13-16H,4-12,19H2,1-3H3;1H. The fraction of sp³-hybridized carbons (Fsp3) is 0.889. The van der Waals surface area contributed by atoms with Gasteiger partial charge in [-0.15, -0.1) is 12.4 Å². The quantitative estimate of drug-likeness (QED) is 0.819. The number of nitrogens with two attached hydrogens (primary N) is 1. The maximum atomic E-state index is 13.1. The highest BCUT2D eigenvalue weighted by atomic mass is 35.5. The third kappa shape index (κ3) is 5.35. The van der Waals surface area contributed by atoms with E-state index in [2.05, 4.69) is 20.8 Å². The Balaban J connectivity index is 0.00000288. The van der Waals surface area contributed by atoms with Crippen molar-refractivity contribution < 1.29 is 9.59 Å². The molecule has 0 aromatic rings. The van der Waals surface area contributed by atoms with Gasteiger partial charge in [-0.05, 0) is 50.9 Å². The van der Waals surface area contributed by atoms with Crippen LogP contribution in [0.2, 0.25) is 0 Å². The highest BCUT2D eigenvalue weighted by Gasteiger charge is 2.35. The van der Waals surface area contributed by atoms with Gasteiger partial charge in [0.25, 0.3) is 0 Å². The minimum Gasteiger partial charge on any atom is -0.341 e. The third-order valence-electron chi connectivity index (χ3n) is 5.31. The molecule has 0 aromatic carbocycles. The lowest BCUT2D eigenvalue weighted by Crippen LogP contribution is -2.54. The van der Waals surface area contributed by atoms with Crippen LogP contribution in [0.15, 0.2) is 0 Å². The molecular weight excluding hydrogens is 326 g/mol. The van der Waals surface area contributed by atoms with Crippen LogP contribution in [0, 0.1) is 11.8 Å². The number of carbonyl (C=O) groups is 2. The van der Waals surface area contributed by atoms with Crippen molar-refractivity contribution in [2.75, 3.05) is 19.6 Å². The van der Waals surface area contributed by atoms with Crippen molar-refractivity contribution in [3.8, 4) is 0 Å². The van der Waals surface area contributed by atoms with Crippen molar-refractivity contribution >= 4 is 24.2 Å². The molecule has 0 saturated carbocycles. The normalized spacial score (nSPS) is 22.3. The molecule has 2 N–H and O–H groups in total. The van der Waals surface area contributed by atoms with E-state index < -0.39 is 0 Å². The van der Waals surface area contributed by atoms with E-state index in [9.17, 15) is 9.59 Å². The Hall–Kier alpha value is -0.810. The molecule has 6 heteroatoms. The lowest BCUT2D eigenvalue weighted by molar-refractivity contribution is -0.149. The Bertz CT molecular complexity index is 420. The summed E-state index contributed by atoms with van der Waals surface area (Å²) in [4.78, 5) is 29.2. The van der Waals surface area contributed by atoms with Crippen LogP contribution < -0.4 is 5.73 Å². The van der Waals surface area contributed by atoms with Gasteiger partial charge >= 0.3 is 0 Å². The number of likely N-dealkylation sites (tertiary alicyclic amines) is 2. The zero-order valence-electron chi connectivity index (χ0n) is 15.4. The van der Waals surface area contributed by atoms with Gasteiger partial charge in [0.1, 0.15) is 6.04 Å². The molecule has 0 radical (unpaired) electrons. The zero-order valence-corrected chi connectivity index (χ0v) is 16.2. The lowest BCUT2D eigenvalue weighted by Gasteiger charge is -2.40. The largest absolute Gasteiger partial charge is 0.341 e. The third-order valence-corrected chi connectivity index (χ3v) is 5.31. The fourth-order valence-corrected chi connectivity index (χ4v) is 3.82. The second-order valence-electron chi connectivity index (χ2n) is 7.71. The molecule has 2 saturated heterocycles. The van der Waals surface area contributed by atoms with Gasteiger partial charge in [0.2, 0.25) is 11.8 Å². The van der Waals surface area contributed by atoms with E-state index in [0.717, 1.165) is 51.7 Å². The Labute approximate surface area is 152 Å². The topological polar surface area (TPSA) is 66.6 Å². The second kappa shape index (κ2) is 9.62. The number of halogens is 1. The predicted molar refractivity (Wildman–Crippen MR) is 99.0 cm³/mol. The first-order valence-electron chi connectivity index (χ1n) is 9.24. The summed E-state index contributed by atoms with van der Waals surface area (Å²) in [5.74, 6) is 1.22. The van der Waals surface area contributed by atoms with E-state index in [1.54, 1.807) is 0 Å². The summed E-state index contributed by atoms with van der Waals surface area (Å²) in [6, 6.07) is -0.0722. The highest BCUT2D eigenvalue weighted by Crippen LogP contribution is 2.24. The molecule has 24 heavy (non-hydrogen) atoms. The Morgan fingerprint density at radius 2 is 1.79 bits per heavy atom. The van der Waals surface area contributed by atoms with E-state index in [4.69, 9.17) is 5.73 Å². The molecular formula is C18H34ClN3O2. The summed E-state index contributed by atoms with van der Waals surface area (Å²) in [5.41, 5.74) is 5.99. The number of hydrogen-bond donors (Lipinski definition) is 1. The van der Waals surface area contributed by atoms with Gasteiger partial charge in [0.05, 0.1) is 0 Å². The van der Waals surface area contributed by atoms with Gasteiger partial charge in [-0.1, -0.05) is 13.8 Å². The zero-order chi connectivity index (χ0) is 17.0. The predicted octanol–water partition coefficient (Wildman–Crippen LogP) is 2.42. The van der Waals surface area contributed by atoms with Crippen LogP contribution in [0.3, 0.4) is 0 Å². The first kappa shape index (κ1) is 21.2. The van der Waals surface area contributed by atoms with E-state index in [1.165, 1.54) is 0 Å². The van der Waals surface area contributed by atoms with Crippen molar-refractivity contribution in [1.82, 2.24) is 9.80 Å². The summed E-state index contributed by atoms with van der Waals surface area (Å²) in [5, 5.41) is 0. The van der Waals surface area contributed by atoms with Crippen molar-refractivity contribution in [2.45, 2.75) is 71.4 Å². The SMILES string of the molecule is CC(C)CC(C(=O)N1CCC(C(C)N)CC1)N1CCCCC1=O.Cl. The minimum absolute atomic E-state index is 0. The molecule has 0 aromatic heterocycles. The summed E-state index contributed by atoms with van der Waals surface area (Å²) in [7, 11) is 0. The van der Waals surface area contributed by atoms with Crippen molar-refractivity contribution in [3.63, 3.8) is 0 Å². The van der Waals surface area contributed by atoms with Crippen LogP contribution in [-0.4, -0.2) is 53.3 Å². The first-order chi connectivity index (χ1) is 10.9. The molecule has 140 valence electrons. The van der Waals surface area contributed by atoms with Gasteiger partial charge in [-0.3, -0.25) is 9.59 Å². The smallest absolute Gasteiger partial charge is 0.245 e. The monoisotopic (exact) mass is 359 g/mol. The van der Waals surface area contributed by atoms with E-state index in [0.29, 0.717) is 18.3 Å². The Morgan fingerprint density at radius 1 is 1.17 bits per heavy atom. The molecule has 0 bridgehead atoms. The molecule has 2 fully saturated rings. The maximum absolute atomic E-state index is 13.1. The molecule has 2 heterocycles. The van der Waals surface area contributed by atoms with Crippen LogP contribution in [-0.2, 0) is 9.59 Å². The average Bonchev–Trinajstić information content (AvgIpc) is 2.52. The van der Waals surface area contributed by atoms with Gasteiger partial charge in [-0.2, -0.15) is 0 Å². The van der Waals surface area contributed by atoms with E-state index >= 15 is 0 Å². The van der Waals surface area contributed by atoms with E-state index in [-0.39, 0.29) is 36.3 Å². The number of hydrogen-bond acceptors (Lipinski definition) is 3.